The summed E-state index contributed by atoms with van der Waals surface area (Å²) >= 11 is 12.0. The summed E-state index contributed by atoms with van der Waals surface area (Å²) in [6, 6.07) is 12.1. The molecule has 1 nitrogen and oxygen atoms in total. The molecule has 0 bridgehead atoms. The Kier molecular flexibility index (Phi) is 2.83. The smallest absolute Gasteiger partial charge is 0.0426 e. The number of hydrogen-bond donors (Lipinski definition) is 1. The molecule has 0 aliphatic carbocycles. The van der Waals surface area contributed by atoms with Gasteiger partial charge in [-0.05, 0) is 46.5 Å². The van der Waals surface area contributed by atoms with Gasteiger partial charge in [-0.15, -0.1) is 0 Å². The van der Waals surface area contributed by atoms with E-state index in [2.05, 4.69) is 23.5 Å². The normalized spacial score (nSPS) is 13.8. The maximum absolute atomic E-state index is 6.02. The summed E-state index contributed by atoms with van der Waals surface area (Å²) in [5.74, 6) is 0. The molecular formula is C14H11Cl2N. The van der Waals surface area contributed by atoms with E-state index in [-0.39, 0.29) is 0 Å². The van der Waals surface area contributed by atoms with E-state index in [0.717, 1.165) is 24.2 Å². The van der Waals surface area contributed by atoms with Gasteiger partial charge in [0.1, 0.15) is 0 Å². The number of nitrogens with one attached hydrogen (secondary N) is 1. The zero-order chi connectivity index (χ0) is 11.8. The van der Waals surface area contributed by atoms with Gasteiger partial charge in [-0.3, -0.25) is 0 Å². The van der Waals surface area contributed by atoms with Crippen LogP contribution in [0.3, 0.4) is 0 Å². The second-order valence-corrected chi connectivity index (χ2v) is 5.12. The summed E-state index contributed by atoms with van der Waals surface area (Å²) in [4.78, 5) is 0. The number of fused-ring (bicyclic) bond motifs is 1. The van der Waals surface area contributed by atoms with Gasteiger partial charge in [0.15, 0.2) is 0 Å². The van der Waals surface area contributed by atoms with Crippen LogP contribution in [0.25, 0.3) is 11.1 Å². The molecule has 2 aromatic carbocycles. The van der Waals surface area contributed by atoms with Crippen molar-refractivity contribution in [1.29, 1.82) is 0 Å². The highest BCUT2D eigenvalue weighted by atomic mass is 35.5. The minimum atomic E-state index is 0.672. The first-order valence-corrected chi connectivity index (χ1v) is 6.27. The van der Waals surface area contributed by atoms with Crippen molar-refractivity contribution in [2.45, 2.75) is 13.1 Å². The van der Waals surface area contributed by atoms with E-state index < -0.39 is 0 Å². The van der Waals surface area contributed by atoms with Crippen molar-refractivity contribution >= 4 is 23.2 Å². The van der Waals surface area contributed by atoms with Crippen molar-refractivity contribution in [2.24, 2.45) is 0 Å². The molecule has 1 aliphatic heterocycles. The van der Waals surface area contributed by atoms with Crippen molar-refractivity contribution in [3.8, 4) is 11.1 Å². The number of halogens is 2. The number of hydrogen-bond acceptors (Lipinski definition) is 1. The summed E-state index contributed by atoms with van der Waals surface area (Å²) < 4.78 is 0. The monoisotopic (exact) mass is 263 g/mol. The maximum Gasteiger partial charge on any atom is 0.0426 e. The van der Waals surface area contributed by atoms with Crippen LogP contribution >= 0.6 is 23.2 Å². The third-order valence-corrected chi connectivity index (χ3v) is 3.47. The van der Waals surface area contributed by atoms with Crippen molar-refractivity contribution < 1.29 is 0 Å². The fourth-order valence-corrected chi connectivity index (χ4v) is 2.72. The molecule has 1 N–H and O–H groups in total. The predicted molar refractivity (Wildman–Crippen MR) is 72.4 cm³/mol. The van der Waals surface area contributed by atoms with Gasteiger partial charge in [0, 0.05) is 23.1 Å². The molecule has 1 heterocycles. The highest BCUT2D eigenvalue weighted by molar-refractivity contribution is 6.35. The quantitative estimate of drug-likeness (QED) is 0.811. The van der Waals surface area contributed by atoms with Crippen LogP contribution in [0, 0.1) is 0 Å². The van der Waals surface area contributed by atoms with Gasteiger partial charge < -0.3 is 5.32 Å². The van der Waals surface area contributed by atoms with E-state index in [1.807, 2.05) is 12.1 Å². The second kappa shape index (κ2) is 4.34. The molecule has 3 heteroatoms. The van der Waals surface area contributed by atoms with Gasteiger partial charge >= 0.3 is 0 Å². The first-order chi connectivity index (χ1) is 8.22. The van der Waals surface area contributed by atoms with Gasteiger partial charge in [-0.1, -0.05) is 35.3 Å². The molecule has 0 saturated heterocycles. The molecule has 0 fully saturated rings. The Hall–Kier alpha value is -1.02. The standard InChI is InChI=1S/C14H11Cl2N/c15-13-4-11(5-14(16)6-13)9-1-2-10-7-17-8-12(10)3-9/h1-6,17H,7-8H2. The molecule has 86 valence electrons. The van der Waals surface area contributed by atoms with E-state index in [9.17, 15) is 0 Å². The van der Waals surface area contributed by atoms with E-state index in [1.54, 1.807) is 6.07 Å². The van der Waals surface area contributed by atoms with E-state index >= 15 is 0 Å². The fraction of sp³-hybridized carbons (Fsp3) is 0.143. The van der Waals surface area contributed by atoms with Crippen LogP contribution in [0.1, 0.15) is 11.1 Å². The molecule has 2 aromatic rings. The van der Waals surface area contributed by atoms with E-state index in [0.29, 0.717) is 10.0 Å². The molecule has 0 radical (unpaired) electrons. The van der Waals surface area contributed by atoms with Gasteiger partial charge in [-0.25, -0.2) is 0 Å². The minimum Gasteiger partial charge on any atom is -0.309 e. The van der Waals surface area contributed by atoms with Crippen LogP contribution in [0.4, 0.5) is 0 Å². The average molecular weight is 264 g/mol. The second-order valence-electron chi connectivity index (χ2n) is 4.25. The van der Waals surface area contributed by atoms with Crippen molar-refractivity contribution in [1.82, 2.24) is 5.32 Å². The zero-order valence-electron chi connectivity index (χ0n) is 9.13. The Balaban J connectivity index is 2.09. The minimum absolute atomic E-state index is 0.672. The lowest BCUT2D eigenvalue weighted by atomic mass is 10.0. The molecule has 1 aliphatic rings. The first kappa shape index (κ1) is 11.1. The Morgan fingerprint density at radius 1 is 0.765 bits per heavy atom. The summed E-state index contributed by atoms with van der Waals surface area (Å²) in [7, 11) is 0. The summed E-state index contributed by atoms with van der Waals surface area (Å²) in [5, 5.41) is 4.68. The Morgan fingerprint density at radius 2 is 1.47 bits per heavy atom. The van der Waals surface area contributed by atoms with Crippen molar-refractivity contribution in [2.75, 3.05) is 0 Å². The molecule has 17 heavy (non-hydrogen) atoms. The van der Waals surface area contributed by atoms with Crippen LogP contribution in [0.15, 0.2) is 36.4 Å². The van der Waals surface area contributed by atoms with E-state index in [4.69, 9.17) is 23.2 Å². The summed E-state index contributed by atoms with van der Waals surface area (Å²) in [5.41, 5.74) is 4.97. The number of rotatable bonds is 1. The van der Waals surface area contributed by atoms with Crippen molar-refractivity contribution in [3.63, 3.8) is 0 Å². The fourth-order valence-electron chi connectivity index (χ4n) is 2.19. The zero-order valence-corrected chi connectivity index (χ0v) is 10.6. The van der Waals surface area contributed by atoms with Gasteiger partial charge in [-0.2, -0.15) is 0 Å². The third kappa shape index (κ3) is 2.19. The van der Waals surface area contributed by atoms with Crippen LogP contribution < -0.4 is 5.32 Å². The lowest BCUT2D eigenvalue weighted by Gasteiger charge is -2.06. The summed E-state index contributed by atoms with van der Waals surface area (Å²) in [6.07, 6.45) is 0. The SMILES string of the molecule is Clc1cc(Cl)cc(-c2ccc3c(c2)CNC3)c1. The molecular weight excluding hydrogens is 253 g/mol. The molecule has 0 saturated carbocycles. The molecule has 0 spiro atoms. The molecule has 0 aromatic heterocycles. The van der Waals surface area contributed by atoms with Gasteiger partial charge in [0.2, 0.25) is 0 Å². The largest absolute Gasteiger partial charge is 0.309 e. The molecule has 3 rings (SSSR count). The average Bonchev–Trinajstić information content (AvgIpc) is 2.74. The van der Waals surface area contributed by atoms with Gasteiger partial charge in [0.05, 0.1) is 0 Å². The topological polar surface area (TPSA) is 12.0 Å². The number of benzene rings is 2. The lowest BCUT2D eigenvalue weighted by molar-refractivity contribution is 0.765. The Morgan fingerprint density at radius 3 is 2.24 bits per heavy atom. The highest BCUT2D eigenvalue weighted by Gasteiger charge is 2.11. The molecule has 0 atom stereocenters. The predicted octanol–water partition coefficient (Wildman–Crippen LogP) is 4.26. The van der Waals surface area contributed by atoms with Crippen LogP contribution in [-0.2, 0) is 13.1 Å². The van der Waals surface area contributed by atoms with Crippen molar-refractivity contribution in [3.05, 3.63) is 57.6 Å². The Labute approximate surface area is 110 Å². The summed E-state index contributed by atoms with van der Waals surface area (Å²) in [6.45, 7) is 1.91. The van der Waals surface area contributed by atoms with Crippen LogP contribution in [-0.4, -0.2) is 0 Å². The van der Waals surface area contributed by atoms with E-state index in [1.165, 1.54) is 11.1 Å². The molecule has 0 amide bonds. The third-order valence-electron chi connectivity index (χ3n) is 3.03. The highest BCUT2D eigenvalue weighted by Crippen LogP contribution is 2.29. The molecule has 0 unspecified atom stereocenters. The van der Waals surface area contributed by atoms with Gasteiger partial charge in [0.25, 0.3) is 0 Å². The first-order valence-electron chi connectivity index (χ1n) is 5.51. The van der Waals surface area contributed by atoms with Crippen LogP contribution in [0.2, 0.25) is 10.0 Å². The van der Waals surface area contributed by atoms with Crippen LogP contribution in [0.5, 0.6) is 0 Å². The Bertz CT molecular complexity index is 558. The lowest BCUT2D eigenvalue weighted by Crippen LogP contribution is -1.99. The maximum atomic E-state index is 6.02.